The molecule has 35 heavy (non-hydrogen) atoms. The fraction of sp³-hybridized carbons (Fsp3) is 0.520. The Morgan fingerprint density at radius 3 is 2.49 bits per heavy atom. The third kappa shape index (κ3) is 6.29. The summed E-state index contributed by atoms with van der Waals surface area (Å²) in [6.45, 7) is 1.68. The number of amides is 1. The lowest BCUT2D eigenvalue weighted by Crippen LogP contribution is -2.32. The largest absolute Gasteiger partial charge is 0.394 e. The van der Waals surface area contributed by atoms with Crippen LogP contribution in [0.4, 0.5) is 13.2 Å². The number of halogens is 3. The number of carbonyl (C=O) groups excluding carboxylic acids is 1. The minimum absolute atomic E-state index is 0.197. The van der Waals surface area contributed by atoms with Crippen molar-refractivity contribution in [2.75, 3.05) is 19.4 Å². The average molecular weight is 510 g/mol. The van der Waals surface area contributed by atoms with Crippen LogP contribution >= 0.6 is 0 Å². The third-order valence-electron chi connectivity index (χ3n) is 7.02. The molecule has 1 aliphatic carbocycles. The number of aliphatic hydroxyl groups excluding tert-OH is 1. The van der Waals surface area contributed by atoms with E-state index < -0.39 is 28.9 Å². The SMILES string of the molecule is CS(=O)c1ccc([C@H](CO)NC(=O)c2cnc3c(c2)CN(CC2CCC(C(F)(F)F)CC2)C3)cc1. The summed E-state index contributed by atoms with van der Waals surface area (Å²) >= 11 is 0. The molecule has 1 aliphatic heterocycles. The highest BCUT2D eigenvalue weighted by atomic mass is 32.2. The molecule has 2 aromatic rings. The van der Waals surface area contributed by atoms with Gasteiger partial charge in [0.25, 0.3) is 5.91 Å². The molecule has 10 heteroatoms. The predicted molar refractivity (Wildman–Crippen MR) is 126 cm³/mol. The number of aliphatic hydroxyl groups is 1. The molecule has 0 saturated heterocycles. The number of rotatable bonds is 7. The predicted octanol–water partition coefficient (Wildman–Crippen LogP) is 3.97. The van der Waals surface area contributed by atoms with Gasteiger partial charge in [-0.2, -0.15) is 13.2 Å². The van der Waals surface area contributed by atoms with Gasteiger partial charge in [0.1, 0.15) is 0 Å². The minimum Gasteiger partial charge on any atom is -0.394 e. The Morgan fingerprint density at radius 1 is 1.20 bits per heavy atom. The third-order valence-corrected chi connectivity index (χ3v) is 7.95. The first kappa shape index (κ1) is 25.8. The molecular weight excluding hydrogens is 479 g/mol. The van der Waals surface area contributed by atoms with Gasteiger partial charge in [-0.15, -0.1) is 0 Å². The summed E-state index contributed by atoms with van der Waals surface area (Å²) in [7, 11) is -1.11. The zero-order valence-corrected chi connectivity index (χ0v) is 20.4. The lowest BCUT2D eigenvalue weighted by molar-refractivity contribution is -0.184. The summed E-state index contributed by atoms with van der Waals surface area (Å²) in [5.74, 6) is -1.28. The smallest absolute Gasteiger partial charge is 0.391 e. The highest BCUT2D eigenvalue weighted by molar-refractivity contribution is 7.84. The van der Waals surface area contributed by atoms with Crippen molar-refractivity contribution in [2.45, 2.75) is 55.9 Å². The number of fused-ring (bicyclic) bond motifs is 1. The molecule has 4 rings (SSSR count). The number of benzene rings is 1. The fourth-order valence-electron chi connectivity index (χ4n) is 4.99. The first-order valence-electron chi connectivity index (χ1n) is 11.8. The quantitative estimate of drug-likeness (QED) is 0.590. The van der Waals surface area contributed by atoms with Crippen LogP contribution in [0.3, 0.4) is 0 Å². The molecule has 0 bridgehead atoms. The van der Waals surface area contributed by atoms with Crippen LogP contribution in [-0.4, -0.2) is 50.7 Å². The van der Waals surface area contributed by atoms with E-state index in [2.05, 4.69) is 15.2 Å². The molecule has 1 aromatic heterocycles. The van der Waals surface area contributed by atoms with Crippen molar-refractivity contribution in [1.82, 2.24) is 15.2 Å². The Hall–Kier alpha value is -2.30. The highest BCUT2D eigenvalue weighted by Crippen LogP contribution is 2.40. The second-order valence-electron chi connectivity index (χ2n) is 9.49. The summed E-state index contributed by atoms with van der Waals surface area (Å²) in [6, 6.07) is 8.08. The second kappa shape index (κ2) is 10.8. The molecule has 1 fully saturated rings. The van der Waals surface area contributed by atoms with Gasteiger partial charge in [-0.3, -0.25) is 18.9 Å². The van der Waals surface area contributed by atoms with E-state index >= 15 is 0 Å². The maximum Gasteiger partial charge on any atom is 0.391 e. The van der Waals surface area contributed by atoms with Gasteiger partial charge in [0.05, 0.1) is 29.8 Å². The van der Waals surface area contributed by atoms with Crippen LogP contribution in [0, 0.1) is 11.8 Å². The first-order chi connectivity index (χ1) is 16.6. The number of nitrogens with zero attached hydrogens (tertiary/aromatic N) is 2. The Kier molecular flexibility index (Phi) is 7.92. The van der Waals surface area contributed by atoms with E-state index in [4.69, 9.17) is 0 Å². The molecule has 1 aromatic carbocycles. The van der Waals surface area contributed by atoms with Gasteiger partial charge in [0.2, 0.25) is 0 Å². The Bertz CT molecular complexity index is 1070. The molecule has 2 atom stereocenters. The van der Waals surface area contributed by atoms with Crippen LogP contribution in [0.15, 0.2) is 41.4 Å². The Morgan fingerprint density at radius 2 is 1.89 bits per heavy atom. The highest BCUT2D eigenvalue weighted by Gasteiger charge is 2.41. The van der Waals surface area contributed by atoms with Crippen LogP contribution in [0.25, 0.3) is 0 Å². The molecule has 1 unspecified atom stereocenters. The van der Waals surface area contributed by atoms with Gasteiger partial charge in [-0.1, -0.05) is 12.1 Å². The minimum atomic E-state index is -4.09. The zero-order valence-electron chi connectivity index (χ0n) is 19.6. The Labute approximate surface area is 205 Å². The monoisotopic (exact) mass is 509 g/mol. The molecule has 2 N–H and O–H groups in total. The molecule has 2 heterocycles. The maximum atomic E-state index is 12.9. The summed E-state index contributed by atoms with van der Waals surface area (Å²) < 4.78 is 50.3. The van der Waals surface area contributed by atoms with E-state index in [1.54, 1.807) is 36.6 Å². The zero-order chi connectivity index (χ0) is 25.2. The second-order valence-corrected chi connectivity index (χ2v) is 10.9. The topological polar surface area (TPSA) is 82.5 Å². The van der Waals surface area contributed by atoms with E-state index in [0.717, 1.165) is 17.8 Å². The van der Waals surface area contributed by atoms with E-state index in [9.17, 15) is 27.3 Å². The summed E-state index contributed by atoms with van der Waals surface area (Å²) in [5.41, 5.74) is 2.92. The van der Waals surface area contributed by atoms with Crippen molar-refractivity contribution in [1.29, 1.82) is 0 Å². The molecule has 0 spiro atoms. The molecule has 190 valence electrons. The lowest BCUT2D eigenvalue weighted by atomic mass is 9.81. The summed E-state index contributed by atoms with van der Waals surface area (Å²) in [5, 5.41) is 12.6. The summed E-state index contributed by atoms with van der Waals surface area (Å²) in [4.78, 5) is 20.2. The average Bonchev–Trinajstić information content (AvgIpc) is 3.23. The number of aromatic nitrogens is 1. The number of hydrogen-bond donors (Lipinski definition) is 2. The first-order valence-corrected chi connectivity index (χ1v) is 13.3. The van der Waals surface area contributed by atoms with Crippen molar-refractivity contribution in [3.8, 4) is 0 Å². The molecule has 2 aliphatic rings. The number of carbonyl (C=O) groups is 1. The summed E-state index contributed by atoms with van der Waals surface area (Å²) in [6.07, 6.45) is 0.561. The van der Waals surface area contributed by atoms with Gasteiger partial charge in [0, 0.05) is 47.8 Å². The van der Waals surface area contributed by atoms with Crippen molar-refractivity contribution in [3.05, 3.63) is 58.9 Å². The van der Waals surface area contributed by atoms with E-state index in [0.29, 0.717) is 42.0 Å². The van der Waals surface area contributed by atoms with Crippen molar-refractivity contribution < 1.29 is 27.3 Å². The van der Waals surface area contributed by atoms with Crippen molar-refractivity contribution >= 4 is 16.7 Å². The van der Waals surface area contributed by atoms with Gasteiger partial charge >= 0.3 is 6.18 Å². The molecule has 1 saturated carbocycles. The Balaban J connectivity index is 1.34. The van der Waals surface area contributed by atoms with Crippen molar-refractivity contribution in [3.63, 3.8) is 0 Å². The lowest BCUT2D eigenvalue weighted by Gasteiger charge is -2.32. The molecule has 0 radical (unpaired) electrons. The van der Waals surface area contributed by atoms with E-state index in [1.807, 2.05) is 0 Å². The van der Waals surface area contributed by atoms with Gasteiger partial charge in [0.15, 0.2) is 0 Å². The van der Waals surface area contributed by atoms with Crippen LogP contribution in [0.5, 0.6) is 0 Å². The van der Waals surface area contributed by atoms with Gasteiger partial charge in [-0.25, -0.2) is 0 Å². The number of alkyl halides is 3. The molecular formula is C25H30F3N3O3S. The molecule has 6 nitrogen and oxygen atoms in total. The van der Waals surface area contributed by atoms with E-state index in [1.165, 1.54) is 6.20 Å². The van der Waals surface area contributed by atoms with Crippen LogP contribution in [0.1, 0.15) is 58.9 Å². The molecule has 1 amide bonds. The maximum absolute atomic E-state index is 12.9. The normalized spacial score (nSPS) is 22.4. The van der Waals surface area contributed by atoms with Crippen molar-refractivity contribution in [2.24, 2.45) is 11.8 Å². The van der Waals surface area contributed by atoms with Gasteiger partial charge < -0.3 is 10.4 Å². The van der Waals surface area contributed by atoms with Crippen LogP contribution in [-0.2, 0) is 23.9 Å². The number of nitrogens with one attached hydrogen (secondary N) is 1. The standard InChI is InChI=1S/C25H30F3N3O3S/c1-35(34)21-8-4-17(5-9-21)23(15-32)30-24(33)18-10-19-13-31(14-22(19)29-11-18)12-16-2-6-20(7-3-16)25(26,27)28/h4-5,8-11,16,20,23,32H,2-3,6-7,12-15H2,1H3,(H,30,33)/t16?,20?,23-,35?/m0/s1. The number of pyridine rings is 1. The van der Waals surface area contributed by atoms with Crippen LogP contribution < -0.4 is 5.32 Å². The fourth-order valence-corrected chi connectivity index (χ4v) is 5.50. The number of hydrogen-bond acceptors (Lipinski definition) is 5. The van der Waals surface area contributed by atoms with E-state index in [-0.39, 0.29) is 31.3 Å². The van der Waals surface area contributed by atoms with Crippen LogP contribution in [0.2, 0.25) is 0 Å². The van der Waals surface area contributed by atoms with Gasteiger partial charge in [-0.05, 0) is 60.9 Å².